The molecule has 0 saturated heterocycles. The Balaban J connectivity index is 1.74. The average Bonchev–Trinajstić information content (AvgIpc) is 2.62. The molecule has 1 heterocycles. The van der Waals surface area contributed by atoms with Crippen LogP contribution in [0.2, 0.25) is 0 Å². The second kappa shape index (κ2) is 7.75. The molecule has 1 aromatic carbocycles. The number of carbonyl (C=O) groups is 1. The molecule has 1 amide bonds. The van der Waals surface area contributed by atoms with Crippen LogP contribution in [0.15, 0.2) is 30.3 Å². The predicted octanol–water partition coefficient (Wildman–Crippen LogP) is 3.65. The van der Waals surface area contributed by atoms with Gasteiger partial charge >= 0.3 is 0 Å². The van der Waals surface area contributed by atoms with E-state index in [0.717, 1.165) is 18.5 Å². The number of aromatic nitrogens is 2. The zero-order valence-electron chi connectivity index (χ0n) is 14.2. The van der Waals surface area contributed by atoms with Crippen molar-refractivity contribution in [3.8, 4) is 6.07 Å². The molecular weight excluding hydrogens is 314 g/mol. The Bertz CT molecular complexity index is 806. The van der Waals surface area contributed by atoms with Crippen LogP contribution in [0, 0.1) is 18.3 Å². The number of benzene rings is 1. The van der Waals surface area contributed by atoms with Crippen molar-refractivity contribution < 1.29 is 4.79 Å². The van der Waals surface area contributed by atoms with E-state index in [-0.39, 0.29) is 5.91 Å². The largest absolute Gasteiger partial charge is 0.351 e. The van der Waals surface area contributed by atoms with Crippen molar-refractivity contribution in [3.63, 3.8) is 0 Å². The molecule has 1 aliphatic rings. The van der Waals surface area contributed by atoms with E-state index in [2.05, 4.69) is 26.7 Å². The molecule has 2 N–H and O–H groups in total. The van der Waals surface area contributed by atoms with Crippen LogP contribution in [-0.4, -0.2) is 21.9 Å². The minimum absolute atomic E-state index is 0.313. The third-order valence-electron chi connectivity index (χ3n) is 4.27. The van der Waals surface area contributed by atoms with Crippen LogP contribution in [0.5, 0.6) is 0 Å². The summed E-state index contributed by atoms with van der Waals surface area (Å²) in [5.74, 6) is 0.190. The van der Waals surface area contributed by atoms with Crippen molar-refractivity contribution in [2.75, 3.05) is 10.6 Å². The van der Waals surface area contributed by atoms with Gasteiger partial charge in [0.2, 0.25) is 5.95 Å². The summed E-state index contributed by atoms with van der Waals surface area (Å²) < 4.78 is 0. The van der Waals surface area contributed by atoms with Gasteiger partial charge in [0, 0.05) is 17.4 Å². The van der Waals surface area contributed by atoms with Crippen LogP contribution in [0.25, 0.3) is 0 Å². The van der Waals surface area contributed by atoms with Crippen LogP contribution < -0.4 is 10.6 Å². The number of nitriles is 1. The lowest BCUT2D eigenvalue weighted by Gasteiger charge is -2.23. The maximum atomic E-state index is 12.5. The SMILES string of the molecule is Cc1cc(C(=O)Nc2cccc(C#N)c2)nc(NC2CCCCC2)n1. The number of hydrogen-bond donors (Lipinski definition) is 2. The fourth-order valence-electron chi connectivity index (χ4n) is 3.04. The molecule has 0 spiro atoms. The molecule has 25 heavy (non-hydrogen) atoms. The van der Waals surface area contributed by atoms with Gasteiger partial charge in [-0.1, -0.05) is 25.3 Å². The third-order valence-corrected chi connectivity index (χ3v) is 4.27. The predicted molar refractivity (Wildman–Crippen MR) is 96.4 cm³/mol. The van der Waals surface area contributed by atoms with E-state index in [1.165, 1.54) is 19.3 Å². The van der Waals surface area contributed by atoms with E-state index in [1.54, 1.807) is 30.3 Å². The first-order chi connectivity index (χ1) is 12.1. The molecule has 0 bridgehead atoms. The summed E-state index contributed by atoms with van der Waals surface area (Å²) in [5, 5.41) is 15.1. The molecular formula is C19H21N5O. The highest BCUT2D eigenvalue weighted by molar-refractivity contribution is 6.03. The summed E-state index contributed by atoms with van der Waals surface area (Å²) in [7, 11) is 0. The second-order valence-corrected chi connectivity index (χ2v) is 6.34. The molecule has 1 fully saturated rings. The van der Waals surface area contributed by atoms with Crippen molar-refractivity contribution in [2.45, 2.75) is 45.1 Å². The van der Waals surface area contributed by atoms with Crippen LogP contribution in [0.4, 0.5) is 11.6 Å². The first-order valence-electron chi connectivity index (χ1n) is 8.58. The topological polar surface area (TPSA) is 90.7 Å². The lowest BCUT2D eigenvalue weighted by atomic mass is 9.96. The Kier molecular flexibility index (Phi) is 5.24. The third kappa shape index (κ3) is 4.54. The lowest BCUT2D eigenvalue weighted by molar-refractivity contribution is 0.102. The molecule has 1 saturated carbocycles. The van der Waals surface area contributed by atoms with Gasteiger partial charge in [0.25, 0.3) is 5.91 Å². The standard InChI is InChI=1S/C19H21N5O/c1-13-10-17(18(25)22-16-9-5-6-14(11-16)12-20)24-19(21-13)23-15-7-3-2-4-8-15/h5-6,9-11,15H,2-4,7-8H2,1H3,(H,22,25)(H,21,23,24). The summed E-state index contributed by atoms with van der Waals surface area (Å²) >= 11 is 0. The Hall–Kier alpha value is -2.94. The van der Waals surface area contributed by atoms with E-state index in [0.29, 0.717) is 28.9 Å². The van der Waals surface area contributed by atoms with Crippen LogP contribution in [-0.2, 0) is 0 Å². The fourth-order valence-corrected chi connectivity index (χ4v) is 3.04. The summed E-state index contributed by atoms with van der Waals surface area (Å²) in [5.41, 5.74) is 2.12. The number of carbonyl (C=O) groups excluding carboxylic acids is 1. The smallest absolute Gasteiger partial charge is 0.274 e. The van der Waals surface area contributed by atoms with Gasteiger partial charge < -0.3 is 10.6 Å². The van der Waals surface area contributed by atoms with E-state index < -0.39 is 0 Å². The summed E-state index contributed by atoms with van der Waals surface area (Å²) in [4.78, 5) is 21.3. The van der Waals surface area contributed by atoms with E-state index in [4.69, 9.17) is 5.26 Å². The average molecular weight is 335 g/mol. The number of amides is 1. The van der Waals surface area contributed by atoms with Gasteiger partial charge in [0.15, 0.2) is 0 Å². The summed E-state index contributed by atoms with van der Waals surface area (Å²) in [6.07, 6.45) is 5.93. The quantitative estimate of drug-likeness (QED) is 0.890. The number of anilines is 2. The summed E-state index contributed by atoms with van der Waals surface area (Å²) in [6, 6.07) is 10.9. The zero-order valence-corrected chi connectivity index (χ0v) is 14.2. The first-order valence-corrected chi connectivity index (χ1v) is 8.58. The minimum Gasteiger partial charge on any atom is -0.351 e. The molecule has 0 unspecified atom stereocenters. The van der Waals surface area contributed by atoms with E-state index in [1.807, 2.05) is 6.92 Å². The van der Waals surface area contributed by atoms with Crippen LogP contribution in [0.3, 0.4) is 0 Å². The normalized spacial score (nSPS) is 14.6. The monoisotopic (exact) mass is 335 g/mol. The molecule has 1 aromatic heterocycles. The minimum atomic E-state index is -0.313. The number of rotatable bonds is 4. The van der Waals surface area contributed by atoms with Crippen molar-refractivity contribution in [1.29, 1.82) is 5.26 Å². The number of hydrogen-bond acceptors (Lipinski definition) is 5. The summed E-state index contributed by atoms with van der Waals surface area (Å²) in [6.45, 7) is 1.85. The molecule has 6 heteroatoms. The number of nitrogens with one attached hydrogen (secondary N) is 2. The molecule has 0 radical (unpaired) electrons. The van der Waals surface area contributed by atoms with Crippen molar-refractivity contribution >= 4 is 17.5 Å². The van der Waals surface area contributed by atoms with Crippen molar-refractivity contribution in [1.82, 2.24) is 9.97 Å². The number of aryl methyl sites for hydroxylation is 1. The van der Waals surface area contributed by atoms with Gasteiger partial charge in [-0.05, 0) is 44.0 Å². The van der Waals surface area contributed by atoms with Gasteiger partial charge in [-0.2, -0.15) is 5.26 Å². The van der Waals surface area contributed by atoms with Gasteiger partial charge in [-0.15, -0.1) is 0 Å². The molecule has 0 aliphatic heterocycles. The van der Waals surface area contributed by atoms with Crippen LogP contribution in [0.1, 0.15) is 53.8 Å². The van der Waals surface area contributed by atoms with Crippen molar-refractivity contribution in [3.05, 3.63) is 47.3 Å². The maximum Gasteiger partial charge on any atom is 0.274 e. The Morgan fingerprint density at radius 2 is 2.00 bits per heavy atom. The van der Waals surface area contributed by atoms with Gasteiger partial charge in [0.05, 0.1) is 11.6 Å². The lowest BCUT2D eigenvalue weighted by Crippen LogP contribution is -2.24. The molecule has 128 valence electrons. The Morgan fingerprint density at radius 3 is 2.76 bits per heavy atom. The second-order valence-electron chi connectivity index (χ2n) is 6.34. The highest BCUT2D eigenvalue weighted by atomic mass is 16.1. The van der Waals surface area contributed by atoms with Crippen molar-refractivity contribution in [2.24, 2.45) is 0 Å². The van der Waals surface area contributed by atoms with E-state index >= 15 is 0 Å². The fraction of sp³-hybridized carbons (Fsp3) is 0.368. The van der Waals surface area contributed by atoms with Gasteiger partial charge in [-0.25, -0.2) is 9.97 Å². The maximum absolute atomic E-state index is 12.5. The highest BCUT2D eigenvalue weighted by Gasteiger charge is 2.16. The highest BCUT2D eigenvalue weighted by Crippen LogP contribution is 2.20. The zero-order chi connectivity index (χ0) is 17.6. The Morgan fingerprint density at radius 1 is 1.20 bits per heavy atom. The molecule has 0 atom stereocenters. The molecule has 1 aliphatic carbocycles. The van der Waals surface area contributed by atoms with Gasteiger partial charge in [-0.3, -0.25) is 4.79 Å². The van der Waals surface area contributed by atoms with Crippen LogP contribution >= 0.6 is 0 Å². The van der Waals surface area contributed by atoms with Gasteiger partial charge in [0.1, 0.15) is 5.69 Å². The van der Waals surface area contributed by atoms with E-state index in [9.17, 15) is 4.79 Å². The number of nitrogens with zero attached hydrogens (tertiary/aromatic N) is 3. The molecule has 3 rings (SSSR count). The molecule has 2 aromatic rings. The molecule has 6 nitrogen and oxygen atoms in total. The first kappa shape index (κ1) is 16.9. The Labute approximate surface area is 147 Å².